The van der Waals surface area contributed by atoms with Crippen molar-refractivity contribution in [2.75, 3.05) is 18.9 Å². The maximum Gasteiger partial charge on any atom is 0.243 e. The lowest BCUT2D eigenvalue weighted by molar-refractivity contribution is 0.192. The number of hydrogen-bond acceptors (Lipinski definition) is 4. The second-order valence-electron chi connectivity index (χ2n) is 4.08. The second kappa shape index (κ2) is 5.53. The minimum Gasteiger partial charge on any atom is -0.395 e. The zero-order valence-electron chi connectivity index (χ0n) is 9.62. The van der Waals surface area contributed by atoms with E-state index in [-0.39, 0.29) is 27.8 Å². The number of nitrogens with one attached hydrogen (secondary N) is 1. The van der Waals surface area contributed by atoms with E-state index in [9.17, 15) is 12.8 Å². The molecule has 0 aliphatic carbocycles. The molecule has 0 aromatic heterocycles. The standard InChI is InChI=1S/C10H11BrClFN2O3S/c11-8-6(12)3-7(9(13)10(8)14)19(16,17)15-5-1-2-18-4-5/h3,5,15H,1-2,4,14H2. The monoisotopic (exact) mass is 372 g/mol. The molecule has 19 heavy (non-hydrogen) atoms. The van der Waals surface area contributed by atoms with E-state index in [1.54, 1.807) is 0 Å². The van der Waals surface area contributed by atoms with Crippen LogP contribution < -0.4 is 10.5 Å². The molecule has 5 nitrogen and oxygen atoms in total. The number of halogens is 3. The van der Waals surface area contributed by atoms with Gasteiger partial charge in [-0.2, -0.15) is 0 Å². The minimum absolute atomic E-state index is 0.0296. The highest BCUT2D eigenvalue weighted by Gasteiger charge is 2.28. The lowest BCUT2D eigenvalue weighted by Crippen LogP contribution is -2.35. The Morgan fingerprint density at radius 2 is 2.26 bits per heavy atom. The van der Waals surface area contributed by atoms with Crippen molar-refractivity contribution < 1.29 is 17.5 Å². The zero-order chi connectivity index (χ0) is 14.2. The number of benzene rings is 1. The molecule has 1 aliphatic heterocycles. The lowest BCUT2D eigenvalue weighted by Gasteiger charge is -2.14. The molecule has 0 bridgehead atoms. The second-order valence-corrected chi connectivity index (χ2v) is 6.96. The van der Waals surface area contributed by atoms with E-state index in [0.29, 0.717) is 13.0 Å². The van der Waals surface area contributed by atoms with Crippen LogP contribution in [0.15, 0.2) is 15.4 Å². The molecule has 1 fully saturated rings. The summed E-state index contributed by atoms with van der Waals surface area (Å²) >= 11 is 8.79. The third kappa shape index (κ3) is 3.03. The smallest absolute Gasteiger partial charge is 0.243 e. The molecule has 1 saturated heterocycles. The number of hydrogen-bond donors (Lipinski definition) is 2. The average Bonchev–Trinajstić information content (AvgIpc) is 2.83. The fourth-order valence-corrected chi connectivity index (χ4v) is 3.64. The Morgan fingerprint density at radius 1 is 1.58 bits per heavy atom. The highest BCUT2D eigenvalue weighted by Crippen LogP contribution is 2.34. The van der Waals surface area contributed by atoms with Gasteiger partial charge in [0.1, 0.15) is 4.90 Å². The first-order valence-electron chi connectivity index (χ1n) is 5.36. The molecule has 3 N–H and O–H groups in total. The third-order valence-electron chi connectivity index (χ3n) is 2.70. The van der Waals surface area contributed by atoms with Crippen molar-refractivity contribution in [3.8, 4) is 0 Å². The molecule has 1 unspecified atom stereocenters. The summed E-state index contributed by atoms with van der Waals surface area (Å²) in [7, 11) is -4.03. The molecule has 9 heteroatoms. The van der Waals surface area contributed by atoms with Crippen LogP contribution in [-0.4, -0.2) is 27.7 Å². The Labute approximate surface area is 123 Å². The van der Waals surface area contributed by atoms with Crippen LogP contribution in [0.25, 0.3) is 0 Å². The van der Waals surface area contributed by atoms with Crippen molar-refractivity contribution in [2.24, 2.45) is 0 Å². The number of nitrogens with two attached hydrogens (primary N) is 1. The Kier molecular flexibility index (Phi) is 4.36. The average molecular weight is 374 g/mol. The lowest BCUT2D eigenvalue weighted by atomic mass is 10.3. The van der Waals surface area contributed by atoms with Gasteiger partial charge < -0.3 is 10.5 Å². The van der Waals surface area contributed by atoms with Gasteiger partial charge in [-0.25, -0.2) is 17.5 Å². The maximum atomic E-state index is 13.9. The summed E-state index contributed by atoms with van der Waals surface area (Å²) < 4.78 is 45.7. The number of sulfonamides is 1. The fourth-order valence-electron chi connectivity index (χ4n) is 1.71. The van der Waals surface area contributed by atoms with Crippen molar-refractivity contribution in [3.63, 3.8) is 0 Å². The van der Waals surface area contributed by atoms with E-state index in [2.05, 4.69) is 20.7 Å². The Balaban J connectivity index is 2.40. The third-order valence-corrected chi connectivity index (χ3v) is 5.60. The number of ether oxygens (including phenoxy) is 1. The normalized spacial score (nSPS) is 19.8. The van der Waals surface area contributed by atoms with Crippen LogP contribution in [-0.2, 0) is 14.8 Å². The van der Waals surface area contributed by atoms with Crippen LogP contribution in [0.2, 0.25) is 5.02 Å². The largest absolute Gasteiger partial charge is 0.395 e. The predicted octanol–water partition coefficient (Wildman–Crippen LogP) is 1.89. The Morgan fingerprint density at radius 3 is 2.84 bits per heavy atom. The van der Waals surface area contributed by atoms with Gasteiger partial charge in [0.2, 0.25) is 10.0 Å². The SMILES string of the molecule is Nc1c(F)c(S(=O)(=O)NC2CCOC2)cc(Cl)c1Br. The maximum absolute atomic E-state index is 13.9. The van der Waals surface area contributed by atoms with Gasteiger partial charge in [-0.05, 0) is 28.4 Å². The van der Waals surface area contributed by atoms with Crippen LogP contribution in [0.3, 0.4) is 0 Å². The summed E-state index contributed by atoms with van der Waals surface area (Å²) in [6.07, 6.45) is 0.542. The first-order valence-corrected chi connectivity index (χ1v) is 8.01. The zero-order valence-corrected chi connectivity index (χ0v) is 12.8. The van der Waals surface area contributed by atoms with Crippen LogP contribution >= 0.6 is 27.5 Å². The van der Waals surface area contributed by atoms with E-state index in [0.717, 1.165) is 6.07 Å². The highest BCUT2D eigenvalue weighted by molar-refractivity contribution is 9.10. The quantitative estimate of drug-likeness (QED) is 0.626. The van der Waals surface area contributed by atoms with Crippen molar-refractivity contribution >= 4 is 43.2 Å². The molecule has 0 amide bonds. The van der Waals surface area contributed by atoms with Crippen molar-refractivity contribution in [1.29, 1.82) is 0 Å². The van der Waals surface area contributed by atoms with Crippen LogP contribution in [0, 0.1) is 5.82 Å². The van der Waals surface area contributed by atoms with E-state index in [4.69, 9.17) is 22.1 Å². The molecule has 2 rings (SSSR count). The minimum atomic E-state index is -4.03. The van der Waals surface area contributed by atoms with Gasteiger partial charge in [0, 0.05) is 12.6 Å². The van der Waals surface area contributed by atoms with Crippen molar-refractivity contribution in [3.05, 3.63) is 21.4 Å². The van der Waals surface area contributed by atoms with Gasteiger partial charge in [0.25, 0.3) is 0 Å². The van der Waals surface area contributed by atoms with Gasteiger partial charge >= 0.3 is 0 Å². The molecular weight excluding hydrogens is 363 g/mol. The Hall–Kier alpha value is -0.410. The summed E-state index contributed by atoms with van der Waals surface area (Å²) in [4.78, 5) is -0.565. The molecule has 0 spiro atoms. The first-order chi connectivity index (χ1) is 8.83. The van der Waals surface area contributed by atoms with Gasteiger partial charge in [-0.3, -0.25) is 0 Å². The van der Waals surface area contributed by atoms with E-state index < -0.39 is 20.7 Å². The molecule has 1 aliphatic rings. The molecule has 1 aromatic carbocycles. The highest BCUT2D eigenvalue weighted by atomic mass is 79.9. The van der Waals surface area contributed by atoms with E-state index in [1.807, 2.05) is 0 Å². The summed E-state index contributed by atoms with van der Waals surface area (Å²) in [6, 6.07) is 0.656. The summed E-state index contributed by atoms with van der Waals surface area (Å²) in [5.41, 5.74) is 5.13. The first kappa shape index (κ1) is 15.0. The van der Waals surface area contributed by atoms with Gasteiger partial charge in [0.05, 0.1) is 21.8 Å². The fraction of sp³-hybridized carbons (Fsp3) is 0.400. The van der Waals surface area contributed by atoms with E-state index in [1.165, 1.54) is 0 Å². The molecule has 0 radical (unpaired) electrons. The molecule has 0 saturated carbocycles. The Bertz CT molecular complexity index is 605. The van der Waals surface area contributed by atoms with Crippen LogP contribution in [0.4, 0.5) is 10.1 Å². The predicted molar refractivity (Wildman–Crippen MR) is 73.1 cm³/mol. The van der Waals surface area contributed by atoms with Crippen LogP contribution in [0.5, 0.6) is 0 Å². The summed E-state index contributed by atoms with van der Waals surface area (Å²) in [5.74, 6) is -1.03. The molecular formula is C10H11BrClFN2O3S. The number of nitrogen functional groups attached to an aromatic ring is 1. The van der Waals surface area contributed by atoms with Gasteiger partial charge in [0.15, 0.2) is 5.82 Å². The number of rotatable bonds is 3. The van der Waals surface area contributed by atoms with Gasteiger partial charge in [-0.15, -0.1) is 0 Å². The summed E-state index contributed by atoms with van der Waals surface area (Å²) in [6.45, 7) is 0.736. The molecule has 1 aromatic rings. The molecule has 1 heterocycles. The number of anilines is 1. The van der Waals surface area contributed by atoms with Crippen LogP contribution in [0.1, 0.15) is 6.42 Å². The summed E-state index contributed by atoms with van der Waals surface area (Å²) in [5, 5.41) is 0.0296. The van der Waals surface area contributed by atoms with Crippen molar-refractivity contribution in [1.82, 2.24) is 4.72 Å². The molecule has 106 valence electrons. The molecule has 1 atom stereocenters. The van der Waals surface area contributed by atoms with Gasteiger partial charge in [-0.1, -0.05) is 11.6 Å². The van der Waals surface area contributed by atoms with E-state index >= 15 is 0 Å². The van der Waals surface area contributed by atoms with Crippen molar-refractivity contribution in [2.45, 2.75) is 17.4 Å². The topological polar surface area (TPSA) is 81.4 Å².